The molecule has 0 radical (unpaired) electrons. The molecule has 0 amide bonds. The van der Waals surface area contributed by atoms with E-state index in [0.717, 1.165) is 16.7 Å². The van der Waals surface area contributed by atoms with Gasteiger partial charge in [0, 0.05) is 17.8 Å². The van der Waals surface area contributed by atoms with Gasteiger partial charge < -0.3 is 24.8 Å². The molecule has 182 valence electrons. The molecule has 3 N–H and O–H groups in total. The summed E-state index contributed by atoms with van der Waals surface area (Å²) in [6.07, 6.45) is -4.09. The largest absolute Gasteiger partial charge is 0.384 e. The van der Waals surface area contributed by atoms with Crippen LogP contribution in [0.4, 0.5) is 0 Å². The number of hydrogen-bond donors (Lipinski definition) is 3. The molecule has 1 fully saturated rings. The number of azide groups is 1. The van der Waals surface area contributed by atoms with Crippen molar-refractivity contribution in [3.63, 3.8) is 0 Å². The first-order valence-electron chi connectivity index (χ1n) is 11.5. The second kappa shape index (κ2) is 11.0. The maximum Gasteiger partial charge on any atom is 0.162 e. The van der Waals surface area contributed by atoms with Crippen LogP contribution in [-0.4, -0.2) is 51.6 Å². The molecular formula is C27H29N3O5. The van der Waals surface area contributed by atoms with E-state index in [1.807, 2.05) is 91.0 Å². The van der Waals surface area contributed by atoms with Crippen molar-refractivity contribution >= 4 is 0 Å². The highest BCUT2D eigenvalue weighted by molar-refractivity contribution is 5.28. The van der Waals surface area contributed by atoms with E-state index in [9.17, 15) is 15.3 Å². The Morgan fingerprint density at radius 1 is 0.829 bits per heavy atom. The SMILES string of the molecule is [N-]=[N+]=NC(O)C1O[C@H](COCc2ccccc2)[C@](O)(Cc2ccccc2)[C@@]1(O)Cc1ccccc1. The molecule has 0 aliphatic carbocycles. The van der Waals surface area contributed by atoms with Gasteiger partial charge in [0.1, 0.15) is 23.4 Å². The Hall–Kier alpha value is -3.23. The van der Waals surface area contributed by atoms with E-state index in [2.05, 4.69) is 10.0 Å². The Labute approximate surface area is 204 Å². The van der Waals surface area contributed by atoms with Gasteiger partial charge in [0.15, 0.2) is 6.23 Å². The number of rotatable bonds is 10. The van der Waals surface area contributed by atoms with Crippen molar-refractivity contribution in [1.82, 2.24) is 0 Å². The normalized spacial score (nSPS) is 26.7. The average molecular weight is 476 g/mol. The third-order valence-electron chi connectivity index (χ3n) is 6.52. The lowest BCUT2D eigenvalue weighted by Gasteiger charge is -2.42. The summed E-state index contributed by atoms with van der Waals surface area (Å²) in [6.45, 7) is 0.234. The quantitative estimate of drug-likeness (QED) is 0.235. The van der Waals surface area contributed by atoms with Crippen LogP contribution < -0.4 is 0 Å². The number of aliphatic hydroxyl groups is 3. The van der Waals surface area contributed by atoms with Crippen molar-refractivity contribution in [1.29, 1.82) is 0 Å². The standard InChI is InChI=1S/C27H29N3O5/c28-30-29-25(31)24-27(33,17-21-12-6-2-7-13-21)26(32,16-20-10-4-1-5-11-20)23(35-24)19-34-18-22-14-8-3-9-15-22/h1-15,23-25,31-33H,16-19H2/t23-,24?,25?,26-,27-/m1/s1. The fourth-order valence-corrected chi connectivity index (χ4v) is 4.73. The summed E-state index contributed by atoms with van der Waals surface area (Å²) in [5, 5.41) is 38.3. The van der Waals surface area contributed by atoms with Crippen LogP contribution in [-0.2, 0) is 28.9 Å². The molecule has 2 unspecified atom stereocenters. The predicted octanol–water partition coefficient (Wildman–Crippen LogP) is 3.55. The van der Waals surface area contributed by atoms with Gasteiger partial charge in [-0.3, -0.25) is 0 Å². The van der Waals surface area contributed by atoms with Crippen LogP contribution in [0.15, 0.2) is 96.1 Å². The highest BCUT2D eigenvalue weighted by atomic mass is 16.6. The molecule has 0 saturated carbocycles. The maximum absolute atomic E-state index is 12.2. The van der Waals surface area contributed by atoms with E-state index >= 15 is 0 Å². The maximum atomic E-state index is 12.2. The molecule has 5 atom stereocenters. The molecule has 1 heterocycles. The third-order valence-corrected chi connectivity index (χ3v) is 6.52. The van der Waals surface area contributed by atoms with Gasteiger partial charge in [0.05, 0.1) is 13.2 Å². The van der Waals surface area contributed by atoms with Crippen molar-refractivity contribution in [2.24, 2.45) is 5.11 Å². The minimum Gasteiger partial charge on any atom is -0.384 e. The Balaban J connectivity index is 1.69. The van der Waals surface area contributed by atoms with Crippen LogP contribution in [0.5, 0.6) is 0 Å². The summed E-state index contributed by atoms with van der Waals surface area (Å²) in [6, 6.07) is 27.9. The molecule has 35 heavy (non-hydrogen) atoms. The molecule has 8 heteroatoms. The first-order valence-corrected chi connectivity index (χ1v) is 11.5. The lowest BCUT2D eigenvalue weighted by Crippen LogP contribution is -2.63. The molecule has 8 nitrogen and oxygen atoms in total. The zero-order valence-electron chi connectivity index (χ0n) is 19.2. The molecule has 1 saturated heterocycles. The van der Waals surface area contributed by atoms with Crippen LogP contribution in [0.25, 0.3) is 10.4 Å². The Bertz CT molecular complexity index is 1130. The highest BCUT2D eigenvalue weighted by Crippen LogP contribution is 2.46. The van der Waals surface area contributed by atoms with E-state index in [4.69, 9.17) is 15.0 Å². The summed E-state index contributed by atoms with van der Waals surface area (Å²) >= 11 is 0. The second-order valence-corrected chi connectivity index (χ2v) is 8.84. The van der Waals surface area contributed by atoms with Gasteiger partial charge >= 0.3 is 0 Å². The molecular weight excluding hydrogens is 446 g/mol. The molecule has 1 aliphatic rings. The Morgan fingerprint density at radius 3 is 1.83 bits per heavy atom. The van der Waals surface area contributed by atoms with Gasteiger partial charge in [0.25, 0.3) is 0 Å². The van der Waals surface area contributed by atoms with Gasteiger partial charge in [-0.2, -0.15) is 0 Å². The van der Waals surface area contributed by atoms with Crippen molar-refractivity contribution < 1.29 is 24.8 Å². The van der Waals surface area contributed by atoms with E-state index in [1.165, 1.54) is 0 Å². The summed E-state index contributed by atoms with van der Waals surface area (Å²) in [4.78, 5) is 2.68. The van der Waals surface area contributed by atoms with Crippen LogP contribution in [0.2, 0.25) is 0 Å². The van der Waals surface area contributed by atoms with E-state index in [-0.39, 0.29) is 26.1 Å². The van der Waals surface area contributed by atoms with Crippen LogP contribution in [0, 0.1) is 0 Å². The van der Waals surface area contributed by atoms with E-state index in [0.29, 0.717) is 0 Å². The molecule has 3 aromatic carbocycles. The third kappa shape index (κ3) is 5.39. The molecule has 3 aromatic rings. The lowest BCUT2D eigenvalue weighted by molar-refractivity contribution is -0.158. The first kappa shape index (κ1) is 24.9. The van der Waals surface area contributed by atoms with Crippen molar-refractivity contribution in [3.8, 4) is 0 Å². The smallest absolute Gasteiger partial charge is 0.162 e. The Kier molecular flexibility index (Phi) is 7.83. The topological polar surface area (TPSA) is 128 Å². The number of aliphatic hydroxyl groups excluding tert-OH is 1. The lowest BCUT2D eigenvalue weighted by atomic mass is 9.71. The van der Waals surface area contributed by atoms with Gasteiger partial charge in [-0.1, -0.05) is 96.1 Å². The summed E-state index contributed by atoms with van der Waals surface area (Å²) in [5.41, 5.74) is 7.53. The molecule has 1 aliphatic heterocycles. The van der Waals surface area contributed by atoms with Crippen LogP contribution >= 0.6 is 0 Å². The first-order chi connectivity index (χ1) is 17.0. The van der Waals surface area contributed by atoms with Gasteiger partial charge in [-0.25, -0.2) is 0 Å². The highest BCUT2D eigenvalue weighted by Gasteiger charge is 2.66. The van der Waals surface area contributed by atoms with E-state index in [1.54, 1.807) is 0 Å². The molecule has 4 rings (SSSR count). The Morgan fingerprint density at radius 2 is 1.31 bits per heavy atom. The van der Waals surface area contributed by atoms with Crippen LogP contribution in [0.1, 0.15) is 16.7 Å². The summed E-state index contributed by atoms with van der Waals surface area (Å²) < 4.78 is 11.9. The zero-order chi connectivity index (χ0) is 24.7. The van der Waals surface area contributed by atoms with Gasteiger partial charge in [-0.15, -0.1) is 0 Å². The van der Waals surface area contributed by atoms with Crippen molar-refractivity contribution in [2.45, 2.75) is 49.1 Å². The zero-order valence-corrected chi connectivity index (χ0v) is 19.2. The molecule has 0 spiro atoms. The van der Waals surface area contributed by atoms with Gasteiger partial charge in [0.2, 0.25) is 0 Å². The minimum atomic E-state index is -1.99. The average Bonchev–Trinajstić information content (AvgIpc) is 3.07. The second-order valence-electron chi connectivity index (χ2n) is 8.84. The monoisotopic (exact) mass is 475 g/mol. The number of benzene rings is 3. The van der Waals surface area contributed by atoms with Crippen molar-refractivity contribution in [3.05, 3.63) is 118 Å². The van der Waals surface area contributed by atoms with Gasteiger partial charge in [-0.05, 0) is 22.2 Å². The summed E-state index contributed by atoms with van der Waals surface area (Å²) in [5.74, 6) is 0. The van der Waals surface area contributed by atoms with E-state index < -0.39 is 29.6 Å². The molecule has 0 bridgehead atoms. The predicted molar refractivity (Wildman–Crippen MR) is 130 cm³/mol. The molecule has 0 aromatic heterocycles. The number of ether oxygens (including phenoxy) is 2. The number of hydrogen-bond acceptors (Lipinski definition) is 6. The fourth-order valence-electron chi connectivity index (χ4n) is 4.73. The van der Waals surface area contributed by atoms with Crippen molar-refractivity contribution in [2.75, 3.05) is 6.61 Å². The van der Waals surface area contributed by atoms with Crippen LogP contribution in [0.3, 0.4) is 0 Å². The minimum absolute atomic E-state index is 0.0327. The summed E-state index contributed by atoms with van der Waals surface area (Å²) in [7, 11) is 0. The fraction of sp³-hybridized carbons (Fsp3) is 0.333. The number of nitrogens with zero attached hydrogens (tertiary/aromatic N) is 3.